The Morgan fingerprint density at radius 1 is 0.250 bits per heavy atom. The zero-order chi connectivity index (χ0) is 63.6. The van der Waals surface area contributed by atoms with E-state index in [1.807, 2.05) is 0 Å². The van der Waals surface area contributed by atoms with Gasteiger partial charge in [-0.05, 0) is 177 Å². The van der Waals surface area contributed by atoms with Gasteiger partial charge in [-0.3, -0.25) is 0 Å². The smallest absolute Gasteiger partial charge is 0.256 e. The van der Waals surface area contributed by atoms with Crippen molar-refractivity contribution in [1.82, 2.24) is 0 Å². The molecule has 5 aliphatic rings. The molecule has 5 aliphatic heterocycles. The molecule has 96 heavy (non-hydrogen) atoms. The van der Waals surface area contributed by atoms with Gasteiger partial charge in [0.15, 0.2) is 0 Å². The summed E-state index contributed by atoms with van der Waals surface area (Å²) in [6.07, 6.45) is 0. The lowest BCUT2D eigenvalue weighted by molar-refractivity contribution is 0.488. The van der Waals surface area contributed by atoms with Gasteiger partial charge >= 0.3 is 0 Å². The van der Waals surface area contributed by atoms with Crippen molar-refractivity contribution < 1.29 is 4.74 Å². The fraction of sp³-hybridized carbons (Fsp3) is 0.0345. The van der Waals surface area contributed by atoms with Gasteiger partial charge in [-0.2, -0.15) is 0 Å². The molecule has 0 atom stereocenters. The highest BCUT2D eigenvalue weighted by atomic mass is 16.5. The van der Waals surface area contributed by atoms with Crippen LogP contribution in [0.4, 0.5) is 102 Å². The van der Waals surface area contributed by atoms with Crippen molar-refractivity contribution in [3.8, 4) is 11.5 Å². The summed E-state index contributed by atoms with van der Waals surface area (Å²) in [6, 6.07) is 125. The van der Waals surface area contributed by atoms with Crippen LogP contribution >= 0.6 is 0 Å². The van der Waals surface area contributed by atoms with E-state index < -0.39 is 0 Å². The van der Waals surface area contributed by atoms with E-state index in [4.69, 9.17) is 4.74 Å². The van der Waals surface area contributed by atoms with E-state index in [0.29, 0.717) is 0 Å². The summed E-state index contributed by atoms with van der Waals surface area (Å²) < 4.78 is 7.86. The quantitative estimate of drug-likeness (QED) is 0.126. The van der Waals surface area contributed by atoms with Gasteiger partial charge in [-0.1, -0.05) is 208 Å². The Morgan fingerprint density at radius 2 is 0.615 bits per heavy atom. The largest absolute Gasteiger partial charge is 0.458 e. The van der Waals surface area contributed by atoms with Crippen LogP contribution in [0.5, 0.6) is 11.5 Å². The molecule has 0 unspecified atom stereocenters. The highest BCUT2D eigenvalue weighted by molar-refractivity contribution is 7.02. The molecule has 0 bridgehead atoms. The maximum absolute atomic E-state index is 7.86. The molecule has 0 N–H and O–H groups in total. The zero-order valence-corrected chi connectivity index (χ0v) is 53.1. The lowest BCUT2D eigenvalue weighted by Crippen LogP contribution is -2.64. The molecule has 9 heteroatoms. The number of fused-ring (bicyclic) bond motifs is 10. The molecule has 0 saturated carbocycles. The fourth-order valence-corrected chi connectivity index (χ4v) is 16.3. The SMILES string of the molecule is CC1(C)c2ccccc2N(c2ccc3c(c2)N(c2ccccc2)c2cc(N(c4ccccc4)c4ccccc4)cc4c2B3c2cc3c(cc2O4)N(c2ccccc2)c2cc(N(c4ccccc4)c4ccccc4)cc4c2B3c2ccccc2N4c2ccccc2)c2ccccc21. The number of nitrogens with zero attached hydrogens (tertiary/aromatic N) is 6. The number of hydrogen-bond acceptors (Lipinski definition) is 7. The van der Waals surface area contributed by atoms with Crippen LogP contribution < -0.4 is 66.9 Å². The zero-order valence-electron chi connectivity index (χ0n) is 53.1. The summed E-state index contributed by atoms with van der Waals surface area (Å²) in [5, 5.41) is 0. The number of ether oxygens (including phenoxy) is 1. The van der Waals surface area contributed by atoms with E-state index in [0.717, 1.165) is 113 Å². The maximum Gasteiger partial charge on any atom is 0.256 e. The summed E-state index contributed by atoms with van der Waals surface area (Å²) in [6.45, 7) is 4.27. The van der Waals surface area contributed by atoms with Crippen LogP contribution in [0.25, 0.3) is 0 Å². The third kappa shape index (κ3) is 8.56. The van der Waals surface area contributed by atoms with Crippen molar-refractivity contribution in [2.75, 3.05) is 29.4 Å². The second-order valence-corrected chi connectivity index (χ2v) is 26.0. The summed E-state index contributed by atoms with van der Waals surface area (Å²) in [5.41, 5.74) is 28.9. The van der Waals surface area contributed by atoms with E-state index in [9.17, 15) is 0 Å². The third-order valence-electron chi connectivity index (χ3n) is 20.3. The number of hydrogen-bond donors (Lipinski definition) is 0. The molecular formula is C87H62B2N6O. The summed E-state index contributed by atoms with van der Waals surface area (Å²) in [4.78, 5) is 14.8. The summed E-state index contributed by atoms with van der Waals surface area (Å²) in [7, 11) is 0. The second kappa shape index (κ2) is 22.0. The predicted molar refractivity (Wildman–Crippen MR) is 402 cm³/mol. The van der Waals surface area contributed by atoms with Gasteiger partial charge in [0.05, 0.1) is 22.7 Å². The third-order valence-corrected chi connectivity index (χ3v) is 20.3. The molecule has 0 radical (unpaired) electrons. The maximum atomic E-state index is 7.86. The van der Waals surface area contributed by atoms with Gasteiger partial charge in [0, 0.05) is 97.2 Å². The van der Waals surface area contributed by atoms with Crippen molar-refractivity contribution >= 4 is 149 Å². The van der Waals surface area contributed by atoms with E-state index >= 15 is 0 Å². The first kappa shape index (κ1) is 55.4. The molecule has 0 fully saturated rings. The van der Waals surface area contributed by atoms with Crippen molar-refractivity contribution in [1.29, 1.82) is 0 Å². The van der Waals surface area contributed by atoms with Crippen molar-refractivity contribution in [3.63, 3.8) is 0 Å². The van der Waals surface area contributed by atoms with E-state index in [1.165, 1.54) is 44.4 Å². The molecule has 452 valence electrons. The minimum atomic E-state index is -0.262. The summed E-state index contributed by atoms with van der Waals surface area (Å²) >= 11 is 0. The van der Waals surface area contributed by atoms with Crippen LogP contribution in [-0.4, -0.2) is 13.4 Å². The van der Waals surface area contributed by atoms with Crippen molar-refractivity contribution in [3.05, 3.63) is 351 Å². The minimum absolute atomic E-state index is 0.189. The molecular weight excluding hydrogens is 1170 g/mol. The Kier molecular flexibility index (Phi) is 12.7. The molecule has 5 heterocycles. The number of rotatable bonds is 10. The number of anilines is 18. The Hall–Kier alpha value is -12.2. The fourth-order valence-electron chi connectivity index (χ4n) is 16.3. The van der Waals surface area contributed by atoms with Gasteiger partial charge in [0.2, 0.25) is 0 Å². The first-order valence-corrected chi connectivity index (χ1v) is 33.2. The Morgan fingerprint density at radius 3 is 1.10 bits per heavy atom. The topological polar surface area (TPSA) is 28.7 Å². The second-order valence-electron chi connectivity index (χ2n) is 26.0. The first-order chi connectivity index (χ1) is 47.4. The van der Waals surface area contributed by atoms with Crippen LogP contribution in [0.2, 0.25) is 0 Å². The van der Waals surface area contributed by atoms with E-state index in [-0.39, 0.29) is 18.8 Å². The average molecular weight is 1230 g/mol. The Bertz CT molecular complexity index is 5230. The highest BCUT2D eigenvalue weighted by Crippen LogP contribution is 2.55. The molecule has 0 spiro atoms. The van der Waals surface area contributed by atoms with E-state index in [2.05, 4.69) is 383 Å². The van der Waals surface area contributed by atoms with Crippen LogP contribution in [0.3, 0.4) is 0 Å². The van der Waals surface area contributed by atoms with Crippen molar-refractivity contribution in [2.45, 2.75) is 19.3 Å². The first-order valence-electron chi connectivity index (χ1n) is 33.2. The molecule has 0 amide bonds. The normalized spacial score (nSPS) is 13.8. The van der Waals surface area contributed by atoms with Gasteiger partial charge in [0.1, 0.15) is 11.5 Å². The molecule has 0 saturated heterocycles. The van der Waals surface area contributed by atoms with E-state index in [1.54, 1.807) is 0 Å². The van der Waals surface area contributed by atoms with Crippen LogP contribution in [-0.2, 0) is 5.41 Å². The van der Waals surface area contributed by atoms with Crippen molar-refractivity contribution in [2.24, 2.45) is 0 Å². The highest BCUT2D eigenvalue weighted by Gasteiger charge is 2.49. The van der Waals surface area contributed by atoms with Crippen LogP contribution in [0.15, 0.2) is 340 Å². The monoisotopic (exact) mass is 1230 g/mol. The Balaban J connectivity index is 0.899. The van der Waals surface area contributed by atoms with Crippen LogP contribution in [0.1, 0.15) is 25.0 Å². The van der Waals surface area contributed by atoms with Crippen LogP contribution in [0, 0.1) is 0 Å². The van der Waals surface area contributed by atoms with Gasteiger partial charge in [0.25, 0.3) is 13.4 Å². The predicted octanol–water partition coefficient (Wildman–Crippen LogP) is 19.2. The number of benzene rings is 14. The average Bonchev–Trinajstić information content (AvgIpc) is 0.654. The standard InChI is InChI=1S/C87H62B2N6O/c1-87(2)69-44-24-27-47-75(69)95(76-48-28-25-45-70(76)87)66-50-51-72-78(52-66)93(64-40-20-8-21-41-64)82-55-68(91(61-34-14-5-15-35-61)62-36-16-6-17-37-62)56-84-86(82)89(72)74-57-73-79(58-83(74)96-84)94(65-42-22-9-23-43-65)81-54-67(90(59-30-10-3-11-31-59)60-32-12-4-13-33-60)53-80-85(81)88(73)71-46-26-29-49-77(71)92(80)63-38-18-7-19-39-63/h3-58H,1-2H3. The molecule has 0 aromatic heterocycles. The van der Waals surface area contributed by atoms with Gasteiger partial charge in [-0.15, -0.1) is 0 Å². The molecule has 7 nitrogen and oxygen atoms in total. The van der Waals surface area contributed by atoms with Gasteiger partial charge in [-0.25, -0.2) is 0 Å². The molecule has 0 aliphatic carbocycles. The minimum Gasteiger partial charge on any atom is -0.458 e. The summed E-state index contributed by atoms with van der Waals surface area (Å²) in [5.74, 6) is 1.62. The molecule has 14 aromatic carbocycles. The van der Waals surface area contributed by atoms with Gasteiger partial charge < -0.3 is 34.1 Å². The molecule has 19 rings (SSSR count). The number of para-hydroxylation sites is 10. The molecule has 14 aromatic rings. The lowest BCUT2D eigenvalue weighted by Gasteiger charge is -2.46. The Labute approximate surface area is 561 Å². The lowest BCUT2D eigenvalue weighted by atomic mass is 9.30.